The number of aliphatic hydroxyl groups excluding tert-OH is 2. The molecule has 0 heterocycles. The van der Waals surface area contributed by atoms with Crippen LogP contribution in [0.2, 0.25) is 5.02 Å². The van der Waals surface area contributed by atoms with Crippen molar-refractivity contribution in [3.63, 3.8) is 0 Å². The Kier molecular flexibility index (Phi) is 8.51. The van der Waals surface area contributed by atoms with Crippen molar-refractivity contribution in [2.45, 2.75) is 50.7 Å². The molecule has 1 aromatic rings. The summed E-state index contributed by atoms with van der Waals surface area (Å²) >= 11 is 6.41. The summed E-state index contributed by atoms with van der Waals surface area (Å²) < 4.78 is 0. The summed E-state index contributed by atoms with van der Waals surface area (Å²) in [4.78, 5) is 53.1. The van der Waals surface area contributed by atoms with E-state index in [0.717, 1.165) is 19.3 Å². The van der Waals surface area contributed by atoms with Crippen molar-refractivity contribution in [3.8, 4) is 5.75 Å². The van der Waals surface area contributed by atoms with Crippen LogP contribution < -0.4 is 16.4 Å². The number of Topliss-reactive ketones (excluding diaryl/α,β-unsaturated/α-hetero) is 2. The maximum Gasteiger partial charge on any atom is 0.255 e. The summed E-state index contributed by atoms with van der Waals surface area (Å²) in [5, 5.41) is 50.6. The monoisotopic (exact) mass is 590 g/mol. The lowest BCUT2D eigenvalue weighted by Gasteiger charge is -2.50. The fourth-order valence-corrected chi connectivity index (χ4v) is 6.54. The number of hydrogen-bond acceptors (Lipinski definition) is 10. The van der Waals surface area contributed by atoms with Crippen LogP contribution in [0.3, 0.4) is 0 Å². The van der Waals surface area contributed by atoms with Gasteiger partial charge in [-0.1, -0.05) is 31.4 Å². The number of nitrogens with zero attached hydrogens (tertiary/aromatic N) is 1. The number of benzene rings is 1. The fraction of sp³-hybridized carbons (Fsp3) is 0.500. The second-order valence-electron chi connectivity index (χ2n) is 11.0. The molecule has 3 unspecified atom stereocenters. The third-order valence-corrected chi connectivity index (χ3v) is 8.47. The number of phenols is 1. The molecule has 12 nitrogen and oxygen atoms in total. The molecule has 2 amide bonds. The second-order valence-corrected chi connectivity index (χ2v) is 11.4. The first kappa shape index (κ1) is 30.5. The molecule has 4 rings (SSSR count). The first-order valence-electron chi connectivity index (χ1n) is 13.5. The van der Waals surface area contributed by atoms with Gasteiger partial charge >= 0.3 is 0 Å². The second kappa shape index (κ2) is 11.4. The number of halogens is 1. The molecule has 222 valence electrons. The molecule has 0 spiro atoms. The van der Waals surface area contributed by atoms with Crippen LogP contribution in [0.5, 0.6) is 5.75 Å². The number of ketones is 2. The summed E-state index contributed by atoms with van der Waals surface area (Å²) in [6, 6.07) is 0.301. The molecule has 1 aromatic carbocycles. The Labute approximate surface area is 241 Å². The number of amides is 2. The van der Waals surface area contributed by atoms with Crippen LogP contribution in [0.15, 0.2) is 23.0 Å². The van der Waals surface area contributed by atoms with Crippen LogP contribution in [0.25, 0.3) is 5.76 Å². The van der Waals surface area contributed by atoms with Gasteiger partial charge in [-0.3, -0.25) is 24.1 Å². The summed E-state index contributed by atoms with van der Waals surface area (Å²) in [5.41, 5.74) is 1.51. The lowest BCUT2D eigenvalue weighted by Crippen LogP contribution is -2.65. The van der Waals surface area contributed by atoms with E-state index in [9.17, 15) is 39.6 Å². The molecule has 0 aromatic heterocycles. The topological polar surface area (TPSA) is 203 Å². The van der Waals surface area contributed by atoms with Gasteiger partial charge in [-0.25, -0.2) is 0 Å². The number of rotatable bonds is 9. The van der Waals surface area contributed by atoms with Crippen molar-refractivity contribution in [1.82, 2.24) is 10.2 Å². The van der Waals surface area contributed by atoms with Gasteiger partial charge in [0.25, 0.3) is 5.91 Å². The molecular formula is C28H35ClN4O8. The number of primary amides is 1. The van der Waals surface area contributed by atoms with Crippen molar-refractivity contribution in [3.05, 3.63) is 39.1 Å². The van der Waals surface area contributed by atoms with E-state index in [4.69, 9.17) is 17.3 Å². The fourth-order valence-electron chi connectivity index (χ4n) is 6.27. The average molecular weight is 591 g/mol. The largest absolute Gasteiger partial charge is 0.508 e. The summed E-state index contributed by atoms with van der Waals surface area (Å²) in [5.74, 6) is -8.01. The summed E-state index contributed by atoms with van der Waals surface area (Å²) in [6.07, 6.45) is 3.00. The van der Waals surface area contributed by atoms with Gasteiger partial charge in [-0.05, 0) is 57.5 Å². The molecule has 1 fully saturated rings. The van der Waals surface area contributed by atoms with E-state index < -0.39 is 69.7 Å². The molecule has 41 heavy (non-hydrogen) atoms. The number of anilines is 1. The molecule has 4 atom stereocenters. The molecule has 0 bridgehead atoms. The predicted octanol–water partition coefficient (Wildman–Crippen LogP) is 1.34. The number of carbonyl (C=O) groups is 4. The van der Waals surface area contributed by atoms with E-state index in [2.05, 4.69) is 17.6 Å². The molecule has 1 saturated carbocycles. The smallest absolute Gasteiger partial charge is 0.255 e. The van der Waals surface area contributed by atoms with Crippen LogP contribution in [0.1, 0.15) is 43.7 Å². The van der Waals surface area contributed by atoms with Crippen LogP contribution in [0.4, 0.5) is 5.69 Å². The standard InChI is InChI=1S/C28H35ClN4O8/c1-4-5-6-7-31-11-16(34)32-20-15(29)10-13-8-12-9-14-21(33(2)3)24(37)19(27(30)40)26(39)28(14,41)25(38)18(12)22(35)17(13)23(20)36/h10,12,14,21,31,35-36,39,41H,4-9,11H2,1-3H3,(H2,30,40)(H,32,34)/t12?,14?,21-,28?/m0/s1. The Morgan fingerprint density at radius 1 is 1.20 bits per heavy atom. The van der Waals surface area contributed by atoms with Gasteiger partial charge in [0.05, 0.1) is 23.2 Å². The number of fused-ring (bicyclic) bond motifs is 3. The minimum Gasteiger partial charge on any atom is -0.508 e. The van der Waals surface area contributed by atoms with Gasteiger partial charge < -0.3 is 36.8 Å². The SMILES string of the molecule is CCCCCNCC(=O)Nc1c(Cl)cc2c(c1O)C(O)=C1C(=O)C3(O)C(O)=C(C(N)=O)C(=O)[C@@H](N(C)C)C3CC1C2. The molecule has 0 aliphatic heterocycles. The number of hydrogen-bond donors (Lipinski definition) is 7. The van der Waals surface area contributed by atoms with E-state index in [-0.39, 0.29) is 41.2 Å². The molecule has 13 heteroatoms. The zero-order valence-electron chi connectivity index (χ0n) is 23.1. The zero-order valence-corrected chi connectivity index (χ0v) is 23.8. The maximum atomic E-state index is 13.9. The van der Waals surface area contributed by atoms with Crippen molar-refractivity contribution >= 4 is 46.4 Å². The highest BCUT2D eigenvalue weighted by Gasteiger charge is 2.64. The Morgan fingerprint density at radius 3 is 2.49 bits per heavy atom. The lowest BCUT2D eigenvalue weighted by molar-refractivity contribution is -0.153. The van der Waals surface area contributed by atoms with Gasteiger partial charge in [0.1, 0.15) is 22.8 Å². The summed E-state index contributed by atoms with van der Waals surface area (Å²) in [6.45, 7) is 2.65. The van der Waals surface area contributed by atoms with Crippen LogP contribution in [-0.2, 0) is 25.6 Å². The quantitative estimate of drug-likeness (QED) is 0.125. The minimum absolute atomic E-state index is 0.0150. The Morgan fingerprint density at radius 2 is 1.88 bits per heavy atom. The summed E-state index contributed by atoms with van der Waals surface area (Å²) in [7, 11) is 3.06. The third-order valence-electron chi connectivity index (χ3n) is 8.17. The lowest BCUT2D eigenvalue weighted by atomic mass is 9.57. The van der Waals surface area contributed by atoms with E-state index >= 15 is 0 Å². The third kappa shape index (κ3) is 4.99. The number of nitrogens with two attached hydrogens (primary N) is 1. The van der Waals surface area contributed by atoms with E-state index in [1.807, 2.05) is 0 Å². The zero-order chi connectivity index (χ0) is 30.4. The van der Waals surface area contributed by atoms with Gasteiger partial charge in [0, 0.05) is 11.5 Å². The van der Waals surface area contributed by atoms with Gasteiger partial charge in [-0.15, -0.1) is 0 Å². The van der Waals surface area contributed by atoms with Crippen molar-refractivity contribution in [1.29, 1.82) is 0 Å². The number of aliphatic hydroxyl groups is 3. The van der Waals surface area contributed by atoms with Gasteiger partial charge in [0.2, 0.25) is 11.7 Å². The van der Waals surface area contributed by atoms with Gasteiger partial charge in [-0.2, -0.15) is 0 Å². The maximum absolute atomic E-state index is 13.9. The average Bonchev–Trinajstić information content (AvgIpc) is 2.88. The predicted molar refractivity (Wildman–Crippen MR) is 150 cm³/mol. The van der Waals surface area contributed by atoms with Crippen molar-refractivity contribution in [2.24, 2.45) is 17.6 Å². The Balaban J connectivity index is 1.75. The molecule has 0 radical (unpaired) electrons. The first-order valence-corrected chi connectivity index (χ1v) is 13.8. The van der Waals surface area contributed by atoms with Crippen molar-refractivity contribution < 1.29 is 39.6 Å². The number of nitrogens with one attached hydrogen (secondary N) is 2. The minimum atomic E-state index is -2.73. The van der Waals surface area contributed by atoms with Crippen LogP contribution in [-0.4, -0.2) is 87.5 Å². The highest BCUT2D eigenvalue weighted by molar-refractivity contribution is 6.34. The van der Waals surface area contributed by atoms with Gasteiger partial charge in [0.15, 0.2) is 17.1 Å². The number of likely N-dealkylation sites (N-methyl/N-ethyl adjacent to an activating group) is 1. The van der Waals surface area contributed by atoms with E-state index in [1.54, 1.807) is 0 Å². The number of carbonyl (C=O) groups excluding carboxylic acids is 4. The van der Waals surface area contributed by atoms with Crippen molar-refractivity contribution in [2.75, 3.05) is 32.5 Å². The molecular weight excluding hydrogens is 556 g/mol. The number of unbranched alkanes of at least 4 members (excludes halogenated alkanes) is 2. The van der Waals surface area contributed by atoms with Crippen LogP contribution >= 0.6 is 11.6 Å². The normalized spacial score (nSPS) is 25.7. The highest BCUT2D eigenvalue weighted by atomic mass is 35.5. The number of aromatic hydroxyl groups is 1. The molecule has 3 aliphatic carbocycles. The molecule has 8 N–H and O–H groups in total. The molecule has 0 saturated heterocycles. The van der Waals surface area contributed by atoms with E-state index in [0.29, 0.717) is 12.1 Å². The van der Waals surface area contributed by atoms with Crippen LogP contribution in [0, 0.1) is 11.8 Å². The van der Waals surface area contributed by atoms with E-state index in [1.165, 1.54) is 25.1 Å². The Hall–Kier alpha value is -3.45. The highest BCUT2D eigenvalue weighted by Crippen LogP contribution is 2.54. The Bertz CT molecular complexity index is 1390. The number of phenolic OH excluding ortho intramolecular Hbond substituents is 1. The first-order chi connectivity index (χ1) is 19.3. The molecule has 3 aliphatic rings.